The van der Waals surface area contributed by atoms with Gasteiger partial charge in [-0.25, -0.2) is 8.78 Å². The van der Waals surface area contributed by atoms with Gasteiger partial charge >= 0.3 is 0 Å². The van der Waals surface area contributed by atoms with Crippen LogP contribution in [0.5, 0.6) is 0 Å². The maximum absolute atomic E-state index is 15.5. The molecule has 1 fully saturated rings. The number of carbonyl (C=O) groups excluding carboxylic acids is 3. The van der Waals surface area contributed by atoms with Crippen molar-refractivity contribution in [3.05, 3.63) is 52.6 Å². The molecule has 200 valence electrons. The van der Waals surface area contributed by atoms with Crippen molar-refractivity contribution in [2.75, 3.05) is 28.7 Å². The van der Waals surface area contributed by atoms with Gasteiger partial charge in [-0.15, -0.1) is 23.2 Å². The van der Waals surface area contributed by atoms with Gasteiger partial charge in [-0.05, 0) is 57.0 Å². The second-order valence-corrected chi connectivity index (χ2v) is 10.5. The number of amides is 3. The Labute approximate surface area is 228 Å². The van der Waals surface area contributed by atoms with Gasteiger partial charge in [-0.1, -0.05) is 18.5 Å². The molecule has 2 N–H and O–H groups in total. The van der Waals surface area contributed by atoms with E-state index in [4.69, 9.17) is 39.5 Å². The lowest BCUT2D eigenvalue weighted by Crippen LogP contribution is -2.41. The van der Waals surface area contributed by atoms with Gasteiger partial charge < -0.3 is 20.3 Å². The van der Waals surface area contributed by atoms with Crippen LogP contribution in [-0.4, -0.2) is 41.3 Å². The van der Waals surface area contributed by atoms with Gasteiger partial charge in [0.2, 0.25) is 5.91 Å². The number of hydrogen-bond donors (Lipinski definition) is 2. The van der Waals surface area contributed by atoms with Gasteiger partial charge in [0.1, 0.15) is 21.9 Å². The molecule has 0 saturated heterocycles. The van der Waals surface area contributed by atoms with Crippen LogP contribution in [0.4, 0.5) is 25.8 Å². The summed E-state index contributed by atoms with van der Waals surface area (Å²) < 4.78 is 34.5. The van der Waals surface area contributed by atoms with E-state index < -0.39 is 51.4 Å². The molecule has 3 amide bonds. The lowest BCUT2D eigenvalue weighted by molar-refractivity contribution is -0.128. The van der Waals surface area contributed by atoms with Gasteiger partial charge in [0.05, 0.1) is 22.2 Å². The van der Waals surface area contributed by atoms with E-state index >= 15 is 4.39 Å². The van der Waals surface area contributed by atoms with E-state index in [0.29, 0.717) is 12.8 Å². The number of nitrogens with zero attached hydrogens (tertiary/aromatic N) is 1. The van der Waals surface area contributed by atoms with Crippen molar-refractivity contribution in [1.82, 2.24) is 0 Å². The predicted molar refractivity (Wildman–Crippen MR) is 141 cm³/mol. The van der Waals surface area contributed by atoms with Crippen LogP contribution in [0, 0.1) is 17.6 Å². The van der Waals surface area contributed by atoms with Crippen molar-refractivity contribution < 1.29 is 27.9 Å². The Morgan fingerprint density at radius 3 is 2.43 bits per heavy atom. The summed E-state index contributed by atoms with van der Waals surface area (Å²) in [5.74, 6) is -4.55. The maximum atomic E-state index is 15.5. The van der Waals surface area contributed by atoms with Crippen LogP contribution in [-0.2, 0) is 14.3 Å². The summed E-state index contributed by atoms with van der Waals surface area (Å²) in [5.41, 5.74) is -0.786. The lowest BCUT2D eigenvalue weighted by Gasteiger charge is -2.27. The molecular weight excluding hydrogens is 551 g/mol. The van der Waals surface area contributed by atoms with Gasteiger partial charge in [-0.2, -0.15) is 0 Å². The van der Waals surface area contributed by atoms with E-state index in [1.807, 2.05) is 0 Å². The number of hydrogen-bond acceptors (Lipinski definition) is 4. The van der Waals surface area contributed by atoms with Crippen LogP contribution >= 0.6 is 34.8 Å². The molecule has 7 nitrogen and oxygen atoms in total. The number of carbonyl (C=O) groups is 3. The highest BCUT2D eigenvalue weighted by atomic mass is 35.5. The van der Waals surface area contributed by atoms with Crippen LogP contribution in [0.3, 0.4) is 0 Å². The molecule has 2 aromatic carbocycles. The molecule has 1 saturated carbocycles. The first kappa shape index (κ1) is 29.1. The highest BCUT2D eigenvalue weighted by Crippen LogP contribution is 2.53. The Bertz CT molecular complexity index is 1210. The number of alkyl halides is 2. The fraction of sp³-hybridized carbons (Fsp3) is 0.400. The summed E-state index contributed by atoms with van der Waals surface area (Å²) in [6.07, 6.45) is -0.205. The zero-order chi connectivity index (χ0) is 27.5. The summed E-state index contributed by atoms with van der Waals surface area (Å²) in [7, 11) is 0. The molecule has 0 spiro atoms. The summed E-state index contributed by atoms with van der Waals surface area (Å²) in [6, 6.07) is 6.17. The van der Waals surface area contributed by atoms with Crippen LogP contribution in [0.15, 0.2) is 30.3 Å². The average molecular weight is 577 g/mol. The maximum Gasteiger partial charge on any atom is 0.257 e. The number of ether oxygens (including phenoxy) is 1. The Morgan fingerprint density at radius 2 is 1.84 bits per heavy atom. The normalized spacial score (nSPS) is 16.6. The van der Waals surface area contributed by atoms with E-state index in [1.54, 1.807) is 13.8 Å². The molecule has 12 heteroatoms. The van der Waals surface area contributed by atoms with E-state index in [2.05, 4.69) is 10.6 Å². The third-order valence-corrected chi connectivity index (χ3v) is 6.85. The SMILES string of the molecule is CCCN(C(=O)C(C)OCC)c1c(F)ccc(NC(=O)c2cc(NC(=O)C3CC3(Cl)Cl)ccc2Cl)c1F. The van der Waals surface area contributed by atoms with Gasteiger partial charge in [0.25, 0.3) is 11.8 Å². The quantitative estimate of drug-likeness (QED) is 0.331. The van der Waals surface area contributed by atoms with Gasteiger partial charge in [-0.3, -0.25) is 14.4 Å². The summed E-state index contributed by atoms with van der Waals surface area (Å²) >= 11 is 18.0. The van der Waals surface area contributed by atoms with Crippen molar-refractivity contribution in [2.45, 2.75) is 44.1 Å². The largest absolute Gasteiger partial charge is 0.369 e. The Hall–Kier alpha value is -2.46. The lowest BCUT2D eigenvalue weighted by atomic mass is 10.1. The first-order valence-corrected chi connectivity index (χ1v) is 12.7. The molecule has 1 aliphatic rings. The summed E-state index contributed by atoms with van der Waals surface area (Å²) in [5, 5.41) is 5.00. The van der Waals surface area contributed by atoms with E-state index in [1.165, 1.54) is 25.1 Å². The third-order valence-electron chi connectivity index (χ3n) is 5.68. The fourth-order valence-electron chi connectivity index (χ4n) is 3.68. The Morgan fingerprint density at radius 1 is 1.16 bits per heavy atom. The standard InChI is InChI=1S/C25H26Cl3F2N3O4/c1-4-10-33(24(36)13(3)37-5-2)21-18(29)8-9-19(20(21)30)32-22(34)15-11-14(6-7-17(15)26)31-23(35)16-12-25(16,27)28/h6-9,11,13,16H,4-5,10,12H2,1-3H3,(H,31,35)(H,32,34). The molecule has 0 aromatic heterocycles. The van der Waals surface area contributed by atoms with Gasteiger partial charge in [0.15, 0.2) is 5.82 Å². The third kappa shape index (κ3) is 6.71. The monoisotopic (exact) mass is 575 g/mol. The van der Waals surface area contributed by atoms with Crippen molar-refractivity contribution in [1.29, 1.82) is 0 Å². The summed E-state index contributed by atoms with van der Waals surface area (Å²) in [4.78, 5) is 39.1. The second-order valence-electron chi connectivity index (χ2n) is 8.50. The molecule has 2 aromatic rings. The van der Waals surface area contributed by atoms with Crippen LogP contribution in [0.2, 0.25) is 5.02 Å². The number of anilines is 3. The van der Waals surface area contributed by atoms with Gasteiger partial charge in [0, 0.05) is 18.8 Å². The molecule has 0 bridgehead atoms. The van der Waals surface area contributed by atoms with Crippen LogP contribution in [0.25, 0.3) is 0 Å². The fourth-order valence-corrected chi connectivity index (χ4v) is 4.39. The minimum atomic E-state index is -1.13. The topological polar surface area (TPSA) is 87.7 Å². The second kappa shape index (κ2) is 11.9. The smallest absolute Gasteiger partial charge is 0.257 e. The number of halogens is 5. The van der Waals surface area contributed by atoms with Crippen LogP contribution < -0.4 is 15.5 Å². The molecular formula is C25H26Cl3F2N3O4. The number of nitrogens with one attached hydrogen (secondary N) is 2. The predicted octanol–water partition coefficient (Wildman–Crippen LogP) is 6.17. The van der Waals surface area contributed by atoms with E-state index in [9.17, 15) is 18.8 Å². The van der Waals surface area contributed by atoms with E-state index in [-0.39, 0.29) is 35.1 Å². The Kier molecular flexibility index (Phi) is 9.39. The molecule has 2 atom stereocenters. The van der Waals surface area contributed by atoms with Crippen molar-refractivity contribution >= 4 is 69.6 Å². The first-order valence-electron chi connectivity index (χ1n) is 11.6. The average Bonchev–Trinajstić information content (AvgIpc) is 3.49. The van der Waals surface area contributed by atoms with E-state index in [0.717, 1.165) is 17.0 Å². The first-order chi connectivity index (χ1) is 17.4. The minimum absolute atomic E-state index is 0.0297. The molecule has 2 unspecified atom stereocenters. The minimum Gasteiger partial charge on any atom is -0.369 e. The molecule has 0 heterocycles. The highest BCUT2D eigenvalue weighted by molar-refractivity contribution is 6.52. The Balaban J connectivity index is 1.86. The molecule has 37 heavy (non-hydrogen) atoms. The molecule has 3 rings (SSSR count). The van der Waals surface area contributed by atoms with Crippen molar-refractivity contribution in [2.24, 2.45) is 5.92 Å². The summed E-state index contributed by atoms with van der Waals surface area (Å²) in [6.45, 7) is 5.22. The molecule has 0 aliphatic heterocycles. The number of benzene rings is 2. The van der Waals surface area contributed by atoms with Crippen LogP contribution in [0.1, 0.15) is 44.0 Å². The highest BCUT2D eigenvalue weighted by Gasteiger charge is 2.56. The molecule has 1 aliphatic carbocycles. The number of rotatable bonds is 10. The van der Waals surface area contributed by atoms with Crippen molar-refractivity contribution in [3.8, 4) is 0 Å². The zero-order valence-electron chi connectivity index (χ0n) is 20.3. The van der Waals surface area contributed by atoms with Crippen molar-refractivity contribution in [3.63, 3.8) is 0 Å². The zero-order valence-corrected chi connectivity index (χ0v) is 22.6. The molecule has 0 radical (unpaired) electrons.